The average molecular weight is 438 g/mol. The van der Waals surface area contributed by atoms with Crippen LogP contribution < -0.4 is 0 Å². The van der Waals surface area contributed by atoms with Crippen molar-refractivity contribution >= 4 is 43.3 Å². The number of hydrogen-bond acceptors (Lipinski definition) is 3. The number of halogens is 1. The van der Waals surface area contributed by atoms with Crippen molar-refractivity contribution in [3.8, 4) is 0 Å². The van der Waals surface area contributed by atoms with Gasteiger partial charge in [-0.2, -0.15) is 0 Å². The molecule has 0 radical (unpaired) electrons. The Morgan fingerprint density at radius 2 is 1.88 bits per heavy atom. The highest BCUT2D eigenvalue weighted by molar-refractivity contribution is 9.10. The van der Waals surface area contributed by atoms with Gasteiger partial charge in [-0.05, 0) is 53.5 Å². The van der Waals surface area contributed by atoms with Crippen LogP contribution in [0.5, 0.6) is 0 Å². The lowest BCUT2D eigenvalue weighted by molar-refractivity contribution is 0.504. The zero-order valence-electron chi connectivity index (χ0n) is 14.3. The van der Waals surface area contributed by atoms with Gasteiger partial charge in [-0.3, -0.25) is 3.97 Å². The maximum Gasteiger partial charge on any atom is 0.248 e. The number of aromatic nitrogens is 1. The molecule has 0 saturated carbocycles. The molecule has 3 rings (SSSR count). The Hall–Kier alpha value is -1.24. The van der Waals surface area contributed by atoms with E-state index in [2.05, 4.69) is 28.1 Å². The molecule has 1 aromatic heterocycles. The molecular weight excluding hydrogens is 418 g/mol. The van der Waals surface area contributed by atoms with Gasteiger partial charge >= 0.3 is 0 Å². The van der Waals surface area contributed by atoms with E-state index in [1.54, 1.807) is 43.2 Å². The fourth-order valence-corrected chi connectivity index (χ4v) is 6.36. The largest absolute Gasteiger partial charge is 0.252 e. The molecule has 0 saturated heterocycles. The molecule has 1 aliphatic rings. The van der Waals surface area contributed by atoms with Gasteiger partial charge in [0, 0.05) is 22.8 Å². The van der Waals surface area contributed by atoms with Crippen LogP contribution in [0, 0.1) is 5.92 Å². The van der Waals surface area contributed by atoms with Crippen LogP contribution in [0.2, 0.25) is 0 Å². The Morgan fingerprint density at radius 3 is 2.48 bits per heavy atom. The highest BCUT2D eigenvalue weighted by Crippen LogP contribution is 2.46. The van der Waals surface area contributed by atoms with Crippen molar-refractivity contribution in [2.75, 3.05) is 6.26 Å². The Bertz CT molecular complexity index is 946. The minimum Gasteiger partial charge on any atom is -0.252 e. The standard InChI is InChI=1S/C19H20BrNO2S2/c1-14-18(24-3)17(15-7-6-8-16(20)13-15)9-10-19(14,2)25(22,23)21-11-4-5-12-21/h4-14H,1-3H3. The molecule has 2 unspecified atom stereocenters. The molecule has 1 heterocycles. The second-order valence-electron chi connectivity index (χ2n) is 6.25. The molecule has 0 bridgehead atoms. The summed E-state index contributed by atoms with van der Waals surface area (Å²) in [5.74, 6) is -0.158. The Kier molecular flexibility index (Phi) is 5.06. The number of hydrogen-bond donors (Lipinski definition) is 0. The van der Waals surface area contributed by atoms with Crippen LogP contribution in [0.4, 0.5) is 0 Å². The van der Waals surface area contributed by atoms with Crippen LogP contribution in [0.15, 0.2) is 70.3 Å². The van der Waals surface area contributed by atoms with Crippen LogP contribution in [0.3, 0.4) is 0 Å². The van der Waals surface area contributed by atoms with Gasteiger partial charge in [-0.25, -0.2) is 8.42 Å². The number of thioether (sulfide) groups is 1. The van der Waals surface area contributed by atoms with Gasteiger partial charge < -0.3 is 0 Å². The molecule has 1 aliphatic carbocycles. The zero-order valence-corrected chi connectivity index (χ0v) is 17.5. The van der Waals surface area contributed by atoms with Crippen molar-refractivity contribution in [1.29, 1.82) is 0 Å². The van der Waals surface area contributed by atoms with Crippen LogP contribution in [0.25, 0.3) is 5.57 Å². The predicted octanol–water partition coefficient (Wildman–Crippen LogP) is 5.17. The highest BCUT2D eigenvalue weighted by atomic mass is 79.9. The monoisotopic (exact) mass is 437 g/mol. The predicted molar refractivity (Wildman–Crippen MR) is 110 cm³/mol. The lowest BCUT2D eigenvalue weighted by atomic mass is 9.85. The van der Waals surface area contributed by atoms with Gasteiger partial charge in [0.2, 0.25) is 10.0 Å². The second kappa shape index (κ2) is 6.82. The highest BCUT2D eigenvalue weighted by Gasteiger charge is 2.46. The number of allylic oxidation sites excluding steroid dienone is 3. The zero-order chi connectivity index (χ0) is 18.2. The molecule has 2 aromatic rings. The fraction of sp³-hybridized carbons (Fsp3) is 0.263. The van der Waals surface area contributed by atoms with E-state index in [0.29, 0.717) is 0 Å². The molecular formula is C19H20BrNO2S2. The Morgan fingerprint density at radius 1 is 1.20 bits per heavy atom. The molecule has 0 aliphatic heterocycles. The van der Waals surface area contributed by atoms with E-state index in [-0.39, 0.29) is 5.92 Å². The first-order valence-corrected chi connectivity index (χ1v) is 11.4. The molecule has 0 amide bonds. The first-order valence-electron chi connectivity index (χ1n) is 7.92. The van der Waals surface area contributed by atoms with E-state index in [1.807, 2.05) is 37.5 Å². The smallest absolute Gasteiger partial charge is 0.248 e. The van der Waals surface area contributed by atoms with Gasteiger partial charge in [-0.15, -0.1) is 11.8 Å². The summed E-state index contributed by atoms with van der Waals surface area (Å²) in [6.07, 6.45) is 8.98. The quantitative estimate of drug-likeness (QED) is 0.662. The fourth-order valence-electron chi connectivity index (χ4n) is 3.17. The SMILES string of the molecule is CSC1=C(c2cccc(Br)c2)C=CC(C)(S(=O)(=O)n2cccc2)C1C. The molecule has 0 N–H and O–H groups in total. The molecule has 132 valence electrons. The van der Waals surface area contributed by atoms with E-state index in [4.69, 9.17) is 0 Å². The number of benzene rings is 1. The summed E-state index contributed by atoms with van der Waals surface area (Å²) in [5.41, 5.74) is 2.17. The topological polar surface area (TPSA) is 39.1 Å². The van der Waals surface area contributed by atoms with E-state index in [1.165, 1.54) is 3.97 Å². The number of nitrogens with zero attached hydrogens (tertiary/aromatic N) is 1. The minimum atomic E-state index is -3.55. The molecule has 3 nitrogen and oxygen atoms in total. The van der Waals surface area contributed by atoms with Crippen molar-refractivity contribution in [1.82, 2.24) is 3.97 Å². The minimum absolute atomic E-state index is 0.158. The first-order chi connectivity index (χ1) is 11.8. The summed E-state index contributed by atoms with van der Waals surface area (Å²) < 4.78 is 27.7. The third kappa shape index (κ3) is 3.04. The van der Waals surface area contributed by atoms with E-state index < -0.39 is 14.8 Å². The summed E-state index contributed by atoms with van der Waals surface area (Å²) in [7, 11) is -3.55. The van der Waals surface area contributed by atoms with Crippen molar-refractivity contribution in [2.24, 2.45) is 5.92 Å². The van der Waals surface area contributed by atoms with Gasteiger partial charge in [0.15, 0.2) is 0 Å². The molecule has 0 spiro atoms. The van der Waals surface area contributed by atoms with E-state index in [9.17, 15) is 8.42 Å². The maximum absolute atomic E-state index is 13.2. The lowest BCUT2D eigenvalue weighted by Gasteiger charge is -2.37. The normalized spacial score (nSPS) is 23.9. The summed E-state index contributed by atoms with van der Waals surface area (Å²) in [5, 5.41) is 0. The third-order valence-corrected chi connectivity index (χ3v) is 8.77. The van der Waals surface area contributed by atoms with E-state index in [0.717, 1.165) is 20.5 Å². The second-order valence-corrected chi connectivity index (χ2v) is 10.3. The lowest BCUT2D eigenvalue weighted by Crippen LogP contribution is -2.44. The Balaban J connectivity index is 2.12. The maximum atomic E-state index is 13.2. The van der Waals surface area contributed by atoms with Crippen LogP contribution >= 0.6 is 27.7 Å². The third-order valence-electron chi connectivity index (χ3n) is 4.87. The average Bonchev–Trinajstić information content (AvgIpc) is 3.12. The molecule has 1 aromatic carbocycles. The summed E-state index contributed by atoms with van der Waals surface area (Å²) in [4.78, 5) is 1.08. The summed E-state index contributed by atoms with van der Waals surface area (Å²) >= 11 is 5.13. The van der Waals surface area contributed by atoms with Gasteiger partial charge in [0.1, 0.15) is 4.75 Å². The Labute approximate surface area is 162 Å². The summed E-state index contributed by atoms with van der Waals surface area (Å²) in [6.45, 7) is 3.80. The van der Waals surface area contributed by atoms with E-state index >= 15 is 0 Å². The molecule has 0 fully saturated rings. The molecule has 25 heavy (non-hydrogen) atoms. The van der Waals surface area contributed by atoms with Crippen LogP contribution in [-0.2, 0) is 10.0 Å². The molecule has 2 atom stereocenters. The van der Waals surface area contributed by atoms with Crippen molar-refractivity contribution in [3.05, 3.63) is 75.9 Å². The van der Waals surface area contributed by atoms with Crippen LogP contribution in [0.1, 0.15) is 19.4 Å². The summed E-state index contributed by atoms with van der Waals surface area (Å²) in [6, 6.07) is 11.6. The van der Waals surface area contributed by atoms with Crippen molar-refractivity contribution in [2.45, 2.75) is 18.6 Å². The molecule has 6 heteroatoms. The van der Waals surface area contributed by atoms with Gasteiger partial charge in [-0.1, -0.05) is 47.1 Å². The first kappa shape index (κ1) is 18.5. The van der Waals surface area contributed by atoms with Crippen LogP contribution in [-0.4, -0.2) is 23.4 Å². The van der Waals surface area contributed by atoms with Crippen molar-refractivity contribution < 1.29 is 8.42 Å². The number of rotatable bonds is 4. The van der Waals surface area contributed by atoms with Crippen molar-refractivity contribution in [3.63, 3.8) is 0 Å². The van der Waals surface area contributed by atoms with Gasteiger partial charge in [0.25, 0.3) is 0 Å². The van der Waals surface area contributed by atoms with Gasteiger partial charge in [0.05, 0.1) is 0 Å².